The van der Waals surface area contributed by atoms with Gasteiger partial charge in [0.15, 0.2) is 0 Å². The Morgan fingerprint density at radius 2 is 1.65 bits per heavy atom. The zero-order valence-electron chi connectivity index (χ0n) is 24.3. The van der Waals surface area contributed by atoms with Crippen LogP contribution in [-0.4, -0.2) is 69.3 Å². The number of nitrogens with one attached hydrogen (secondary N) is 1. The first-order valence-corrected chi connectivity index (χ1v) is 15.9. The number of carbonyl (C=O) groups is 2. The highest BCUT2D eigenvalue weighted by Crippen LogP contribution is 2.29. The molecule has 220 valence electrons. The number of sulfonamides is 1. The van der Waals surface area contributed by atoms with Crippen LogP contribution in [0.2, 0.25) is 5.02 Å². The quantitative estimate of drug-likeness (QED) is 0.481. The smallest absolute Gasteiger partial charge is 0.240 e. The number of carbonyl (C=O) groups excluding carboxylic acids is 2. The van der Waals surface area contributed by atoms with Crippen LogP contribution in [-0.2, 0) is 32.6 Å². The van der Waals surface area contributed by atoms with Crippen molar-refractivity contribution in [3.05, 3.63) is 58.6 Å². The van der Waals surface area contributed by atoms with Gasteiger partial charge >= 0.3 is 0 Å². The highest BCUT2D eigenvalue weighted by atomic mass is 35.5. The van der Waals surface area contributed by atoms with E-state index in [0.717, 1.165) is 36.3 Å². The van der Waals surface area contributed by atoms with Crippen molar-refractivity contribution in [2.24, 2.45) is 5.92 Å². The molecule has 2 amide bonds. The Kier molecular flexibility index (Phi) is 11.6. The van der Waals surface area contributed by atoms with Crippen LogP contribution >= 0.6 is 11.6 Å². The number of amides is 2. The maximum absolute atomic E-state index is 13.6. The second-order valence-corrected chi connectivity index (χ2v) is 13.4. The molecule has 1 aliphatic heterocycles. The van der Waals surface area contributed by atoms with E-state index in [-0.39, 0.29) is 22.6 Å². The highest BCUT2D eigenvalue weighted by Gasteiger charge is 2.25. The van der Waals surface area contributed by atoms with Crippen molar-refractivity contribution in [2.45, 2.75) is 70.9 Å². The molecule has 40 heavy (non-hydrogen) atoms. The number of halogens is 1. The summed E-state index contributed by atoms with van der Waals surface area (Å²) in [6.07, 6.45) is 2.05. The minimum Gasteiger partial charge on any atom is -0.337 e. The SMILES string of the molecule is CNS(=O)(=O)c1ccc(CCC(=O)N2CCN(C(C)C)CCCN(C(=O)CC(C)C)c3cc(Cl)ccc3C2)cc1. The van der Waals surface area contributed by atoms with Gasteiger partial charge in [0, 0.05) is 56.6 Å². The van der Waals surface area contributed by atoms with Crippen molar-refractivity contribution in [1.29, 1.82) is 0 Å². The third-order valence-electron chi connectivity index (χ3n) is 7.28. The van der Waals surface area contributed by atoms with E-state index in [2.05, 4.69) is 23.5 Å². The second kappa shape index (κ2) is 14.4. The maximum Gasteiger partial charge on any atom is 0.240 e. The van der Waals surface area contributed by atoms with Gasteiger partial charge in [-0.1, -0.05) is 43.6 Å². The molecule has 8 nitrogen and oxygen atoms in total. The Balaban J connectivity index is 1.87. The summed E-state index contributed by atoms with van der Waals surface area (Å²) in [5.41, 5.74) is 2.56. The van der Waals surface area contributed by atoms with Gasteiger partial charge in [-0.15, -0.1) is 0 Å². The summed E-state index contributed by atoms with van der Waals surface area (Å²) in [6.45, 7) is 11.5. The molecule has 0 atom stereocenters. The van der Waals surface area contributed by atoms with Gasteiger partial charge in [0.05, 0.1) is 10.6 Å². The molecule has 1 N–H and O–H groups in total. The van der Waals surface area contributed by atoms with Crippen LogP contribution in [0.4, 0.5) is 5.69 Å². The molecule has 2 aromatic carbocycles. The summed E-state index contributed by atoms with van der Waals surface area (Å²) in [7, 11) is -2.13. The van der Waals surface area contributed by atoms with E-state index in [1.54, 1.807) is 24.3 Å². The molecule has 2 aromatic rings. The van der Waals surface area contributed by atoms with E-state index in [1.807, 2.05) is 41.8 Å². The Morgan fingerprint density at radius 1 is 0.950 bits per heavy atom. The molecule has 0 saturated heterocycles. The molecule has 0 aliphatic carbocycles. The molecule has 0 radical (unpaired) electrons. The third-order valence-corrected chi connectivity index (χ3v) is 8.95. The van der Waals surface area contributed by atoms with Crippen LogP contribution in [0.1, 0.15) is 58.1 Å². The molecule has 0 fully saturated rings. The Labute approximate surface area is 244 Å². The standard InChI is InChI=1S/C30H43ClN4O4S/c1-22(2)19-30(37)35-16-6-15-33(23(3)4)17-18-34(21-25-10-11-26(31)20-28(25)35)29(36)14-9-24-7-12-27(13-8-24)40(38,39)32-5/h7-8,10-13,20,22-23,32H,6,9,14-19,21H2,1-5H3. The van der Waals surface area contributed by atoms with E-state index in [9.17, 15) is 18.0 Å². The molecular formula is C30H43ClN4O4S. The fraction of sp³-hybridized carbons (Fsp3) is 0.533. The van der Waals surface area contributed by atoms with Crippen LogP contribution in [0.3, 0.4) is 0 Å². The van der Waals surface area contributed by atoms with Crippen LogP contribution < -0.4 is 9.62 Å². The van der Waals surface area contributed by atoms with E-state index in [1.165, 1.54) is 7.05 Å². The van der Waals surface area contributed by atoms with Crippen molar-refractivity contribution in [2.75, 3.05) is 38.1 Å². The molecule has 0 spiro atoms. The summed E-state index contributed by atoms with van der Waals surface area (Å²) in [5.74, 6) is 0.303. The zero-order valence-corrected chi connectivity index (χ0v) is 25.9. The predicted octanol–water partition coefficient (Wildman–Crippen LogP) is 4.70. The lowest BCUT2D eigenvalue weighted by Gasteiger charge is -2.30. The summed E-state index contributed by atoms with van der Waals surface area (Å²) < 4.78 is 26.4. The van der Waals surface area contributed by atoms with E-state index in [0.29, 0.717) is 50.0 Å². The lowest BCUT2D eigenvalue weighted by atomic mass is 10.1. The zero-order chi connectivity index (χ0) is 29.4. The molecule has 0 bridgehead atoms. The Hall–Kier alpha value is -2.46. The van der Waals surface area contributed by atoms with Crippen LogP contribution in [0.15, 0.2) is 47.4 Å². The largest absolute Gasteiger partial charge is 0.337 e. The molecule has 0 saturated carbocycles. The van der Waals surface area contributed by atoms with E-state index in [4.69, 9.17) is 11.6 Å². The van der Waals surface area contributed by atoms with Gasteiger partial charge in [-0.3, -0.25) is 14.5 Å². The fourth-order valence-corrected chi connectivity index (χ4v) is 5.83. The monoisotopic (exact) mass is 590 g/mol. The van der Waals surface area contributed by atoms with Gasteiger partial charge < -0.3 is 9.80 Å². The van der Waals surface area contributed by atoms with Crippen LogP contribution in [0, 0.1) is 5.92 Å². The lowest BCUT2D eigenvalue weighted by Crippen LogP contribution is -2.41. The van der Waals surface area contributed by atoms with Gasteiger partial charge in [0.2, 0.25) is 21.8 Å². The number of nitrogens with zero attached hydrogens (tertiary/aromatic N) is 3. The van der Waals surface area contributed by atoms with Crippen molar-refractivity contribution < 1.29 is 18.0 Å². The van der Waals surface area contributed by atoms with Gasteiger partial charge in [0.1, 0.15) is 0 Å². The van der Waals surface area contributed by atoms with Gasteiger partial charge in [-0.2, -0.15) is 0 Å². The number of anilines is 1. The van der Waals surface area contributed by atoms with Crippen molar-refractivity contribution in [1.82, 2.24) is 14.5 Å². The fourth-order valence-electron chi connectivity index (χ4n) is 4.93. The number of rotatable bonds is 8. The summed E-state index contributed by atoms with van der Waals surface area (Å²) >= 11 is 6.41. The normalized spacial score (nSPS) is 15.7. The molecule has 1 heterocycles. The number of hydrogen-bond donors (Lipinski definition) is 1. The van der Waals surface area contributed by atoms with Crippen LogP contribution in [0.25, 0.3) is 0 Å². The lowest BCUT2D eigenvalue weighted by molar-refractivity contribution is -0.132. The Morgan fingerprint density at radius 3 is 2.27 bits per heavy atom. The van der Waals surface area contributed by atoms with Crippen LogP contribution in [0.5, 0.6) is 0 Å². The number of fused-ring (bicyclic) bond motifs is 1. The molecule has 0 aromatic heterocycles. The number of benzene rings is 2. The van der Waals surface area contributed by atoms with Crippen molar-refractivity contribution in [3.8, 4) is 0 Å². The second-order valence-electron chi connectivity index (χ2n) is 11.1. The molecule has 3 rings (SSSR count). The number of aryl methyl sites for hydroxylation is 1. The Bertz CT molecular complexity index is 1260. The van der Waals surface area contributed by atoms with Crippen molar-refractivity contribution >= 4 is 39.1 Å². The average molecular weight is 591 g/mol. The van der Waals surface area contributed by atoms with Gasteiger partial charge in [0.25, 0.3) is 0 Å². The molecule has 10 heteroatoms. The third kappa shape index (κ3) is 8.77. The van der Waals surface area contributed by atoms with Gasteiger partial charge in [-0.25, -0.2) is 13.1 Å². The molecular weight excluding hydrogens is 548 g/mol. The minimum atomic E-state index is -3.51. The summed E-state index contributed by atoms with van der Waals surface area (Å²) in [5, 5.41) is 0.557. The van der Waals surface area contributed by atoms with Crippen molar-refractivity contribution in [3.63, 3.8) is 0 Å². The number of hydrogen-bond acceptors (Lipinski definition) is 5. The first-order chi connectivity index (χ1) is 18.9. The van der Waals surface area contributed by atoms with E-state index >= 15 is 0 Å². The van der Waals surface area contributed by atoms with E-state index < -0.39 is 10.0 Å². The predicted molar refractivity (Wildman–Crippen MR) is 161 cm³/mol. The molecule has 1 aliphatic rings. The first-order valence-electron chi connectivity index (χ1n) is 14.0. The van der Waals surface area contributed by atoms with Gasteiger partial charge in [-0.05, 0) is 75.0 Å². The maximum atomic E-state index is 13.6. The topological polar surface area (TPSA) is 90.0 Å². The summed E-state index contributed by atoms with van der Waals surface area (Å²) in [6, 6.07) is 12.5. The highest BCUT2D eigenvalue weighted by molar-refractivity contribution is 7.89. The molecule has 0 unspecified atom stereocenters. The average Bonchev–Trinajstić information content (AvgIpc) is 2.94. The minimum absolute atomic E-state index is 0.0100. The first kappa shape index (κ1) is 32.1. The summed E-state index contributed by atoms with van der Waals surface area (Å²) in [4.78, 5) is 33.3.